The van der Waals surface area contributed by atoms with Crippen molar-refractivity contribution < 1.29 is 21.0 Å². The van der Waals surface area contributed by atoms with Crippen molar-refractivity contribution in [1.29, 1.82) is 0 Å². The SMILES string of the molecule is Cc1ccc(S(=O)(=O)OCC(N)C=CS(C)(=O)=O)cc1. The molecule has 0 saturated heterocycles. The standard InChI is InChI=1S/C12H17NO5S2/c1-10-3-5-12(6-4-10)20(16,17)18-9-11(13)7-8-19(2,14)15/h3-8,11H,9,13H2,1-2H3. The monoisotopic (exact) mass is 319 g/mol. The molecule has 0 spiro atoms. The minimum atomic E-state index is -3.89. The largest absolute Gasteiger partial charge is 0.322 e. The first-order chi connectivity index (χ1) is 9.10. The first-order valence-corrected chi connectivity index (χ1v) is 9.06. The van der Waals surface area contributed by atoms with Gasteiger partial charge >= 0.3 is 0 Å². The molecular formula is C12H17NO5S2. The minimum absolute atomic E-state index is 0.0300. The summed E-state index contributed by atoms with van der Waals surface area (Å²) >= 11 is 0. The van der Waals surface area contributed by atoms with E-state index >= 15 is 0 Å². The third-order valence-electron chi connectivity index (χ3n) is 2.30. The molecule has 1 unspecified atom stereocenters. The van der Waals surface area contributed by atoms with Crippen LogP contribution in [-0.2, 0) is 24.1 Å². The second kappa shape index (κ2) is 6.49. The predicted molar refractivity (Wildman–Crippen MR) is 76.3 cm³/mol. The Kier molecular flexibility index (Phi) is 5.46. The fourth-order valence-corrected chi connectivity index (χ4v) is 2.67. The summed E-state index contributed by atoms with van der Waals surface area (Å²) in [6.07, 6.45) is 2.19. The summed E-state index contributed by atoms with van der Waals surface area (Å²) in [5.74, 6) is 0. The lowest BCUT2D eigenvalue weighted by Gasteiger charge is -2.08. The molecule has 6 nitrogen and oxygen atoms in total. The summed E-state index contributed by atoms with van der Waals surface area (Å²) in [6.45, 7) is 1.51. The molecule has 0 saturated carbocycles. The highest BCUT2D eigenvalue weighted by molar-refractivity contribution is 7.93. The van der Waals surface area contributed by atoms with Crippen LogP contribution in [0, 0.1) is 6.92 Å². The van der Waals surface area contributed by atoms with Crippen molar-refractivity contribution in [3.63, 3.8) is 0 Å². The number of aryl methyl sites for hydroxylation is 1. The highest BCUT2D eigenvalue weighted by Gasteiger charge is 2.16. The van der Waals surface area contributed by atoms with E-state index < -0.39 is 26.0 Å². The van der Waals surface area contributed by atoms with Crippen LogP contribution in [0.25, 0.3) is 0 Å². The van der Waals surface area contributed by atoms with Crippen molar-refractivity contribution in [3.05, 3.63) is 41.3 Å². The quantitative estimate of drug-likeness (QED) is 0.770. The molecule has 0 radical (unpaired) electrons. The fraction of sp³-hybridized carbons (Fsp3) is 0.333. The molecule has 0 fully saturated rings. The summed E-state index contributed by atoms with van der Waals surface area (Å²) in [6, 6.07) is 5.34. The van der Waals surface area contributed by atoms with Crippen LogP contribution in [0.1, 0.15) is 5.56 Å². The van der Waals surface area contributed by atoms with Crippen molar-refractivity contribution in [2.75, 3.05) is 12.9 Å². The van der Waals surface area contributed by atoms with E-state index in [2.05, 4.69) is 0 Å². The van der Waals surface area contributed by atoms with Crippen LogP contribution in [0.2, 0.25) is 0 Å². The van der Waals surface area contributed by atoms with Gasteiger partial charge in [-0.3, -0.25) is 4.18 Å². The summed E-state index contributed by atoms with van der Waals surface area (Å²) in [5, 5.41) is 0.916. The van der Waals surface area contributed by atoms with E-state index in [1.54, 1.807) is 12.1 Å². The van der Waals surface area contributed by atoms with Gasteiger partial charge in [-0.25, -0.2) is 8.42 Å². The Labute approximate surface area is 119 Å². The van der Waals surface area contributed by atoms with Crippen LogP contribution in [-0.4, -0.2) is 35.7 Å². The van der Waals surface area contributed by atoms with Crippen LogP contribution < -0.4 is 5.73 Å². The predicted octanol–water partition coefficient (Wildman–Crippen LogP) is 0.586. The highest BCUT2D eigenvalue weighted by Crippen LogP contribution is 2.13. The first-order valence-electron chi connectivity index (χ1n) is 5.70. The van der Waals surface area contributed by atoms with Gasteiger partial charge in [-0.2, -0.15) is 8.42 Å². The second-order valence-corrected chi connectivity index (χ2v) is 7.92. The number of hydrogen-bond donors (Lipinski definition) is 1. The molecule has 0 aliphatic heterocycles. The maximum atomic E-state index is 11.8. The molecule has 112 valence electrons. The molecule has 1 aromatic carbocycles. The molecule has 0 bridgehead atoms. The molecule has 0 amide bonds. The van der Waals surface area contributed by atoms with Gasteiger partial charge in [-0.05, 0) is 19.1 Å². The molecule has 1 atom stereocenters. The maximum absolute atomic E-state index is 11.8. The van der Waals surface area contributed by atoms with Crippen LogP contribution in [0.4, 0.5) is 0 Å². The number of nitrogens with two attached hydrogens (primary N) is 1. The molecule has 0 heterocycles. The Morgan fingerprint density at radius 1 is 1.20 bits per heavy atom. The van der Waals surface area contributed by atoms with Gasteiger partial charge in [-0.15, -0.1) is 0 Å². The topological polar surface area (TPSA) is 104 Å². The van der Waals surface area contributed by atoms with Crippen LogP contribution in [0.3, 0.4) is 0 Å². The molecular weight excluding hydrogens is 302 g/mol. The lowest BCUT2D eigenvalue weighted by atomic mass is 10.2. The lowest BCUT2D eigenvalue weighted by Crippen LogP contribution is -2.26. The first kappa shape index (κ1) is 16.8. The molecule has 0 aliphatic carbocycles. The van der Waals surface area contributed by atoms with E-state index in [4.69, 9.17) is 9.92 Å². The zero-order chi connectivity index (χ0) is 15.4. The molecule has 20 heavy (non-hydrogen) atoms. The summed E-state index contributed by atoms with van der Waals surface area (Å²) < 4.78 is 50.2. The van der Waals surface area contributed by atoms with Gasteiger partial charge in [0, 0.05) is 17.7 Å². The zero-order valence-electron chi connectivity index (χ0n) is 11.2. The Balaban J connectivity index is 2.69. The number of hydrogen-bond acceptors (Lipinski definition) is 6. The third kappa shape index (κ3) is 5.83. The number of sulfone groups is 1. The number of rotatable bonds is 6. The maximum Gasteiger partial charge on any atom is 0.297 e. The molecule has 1 aromatic rings. The van der Waals surface area contributed by atoms with Crippen LogP contribution in [0.15, 0.2) is 40.6 Å². The summed E-state index contributed by atoms with van der Waals surface area (Å²) in [4.78, 5) is 0.0300. The van der Waals surface area contributed by atoms with Crippen LogP contribution >= 0.6 is 0 Å². The van der Waals surface area contributed by atoms with Gasteiger partial charge in [0.25, 0.3) is 10.1 Å². The van der Waals surface area contributed by atoms with E-state index in [1.807, 2.05) is 6.92 Å². The Bertz CT molecular complexity index is 675. The Hall–Kier alpha value is -1.22. The van der Waals surface area contributed by atoms with Crippen LogP contribution in [0.5, 0.6) is 0 Å². The fourth-order valence-electron chi connectivity index (χ4n) is 1.24. The second-order valence-electron chi connectivity index (χ2n) is 4.37. The van der Waals surface area contributed by atoms with Gasteiger partial charge in [0.2, 0.25) is 0 Å². The van der Waals surface area contributed by atoms with Crippen molar-refractivity contribution >= 4 is 20.0 Å². The molecule has 0 aliphatic rings. The Morgan fingerprint density at radius 2 is 1.75 bits per heavy atom. The number of benzene rings is 1. The minimum Gasteiger partial charge on any atom is -0.322 e. The molecule has 0 aromatic heterocycles. The van der Waals surface area contributed by atoms with Gasteiger partial charge < -0.3 is 5.73 Å². The molecule has 2 N–H and O–H groups in total. The normalized spacial score (nSPS) is 14.6. The summed E-state index contributed by atoms with van der Waals surface area (Å²) in [5.41, 5.74) is 6.48. The smallest absolute Gasteiger partial charge is 0.297 e. The van der Waals surface area contributed by atoms with Gasteiger partial charge in [-0.1, -0.05) is 23.8 Å². The van der Waals surface area contributed by atoms with Gasteiger partial charge in [0.15, 0.2) is 9.84 Å². The van der Waals surface area contributed by atoms with Gasteiger partial charge in [0.1, 0.15) is 0 Å². The van der Waals surface area contributed by atoms with E-state index in [1.165, 1.54) is 18.2 Å². The average Bonchev–Trinajstić information content (AvgIpc) is 2.34. The van der Waals surface area contributed by atoms with Crippen molar-refractivity contribution in [2.45, 2.75) is 17.9 Å². The molecule has 8 heteroatoms. The van der Waals surface area contributed by atoms with E-state index in [9.17, 15) is 16.8 Å². The van der Waals surface area contributed by atoms with Gasteiger partial charge in [0.05, 0.1) is 11.5 Å². The van der Waals surface area contributed by atoms with E-state index in [0.29, 0.717) is 0 Å². The highest BCUT2D eigenvalue weighted by atomic mass is 32.2. The van der Waals surface area contributed by atoms with Crippen molar-refractivity contribution in [1.82, 2.24) is 0 Å². The Morgan fingerprint density at radius 3 is 2.25 bits per heavy atom. The average molecular weight is 319 g/mol. The van der Waals surface area contributed by atoms with Crippen molar-refractivity contribution in [3.8, 4) is 0 Å². The summed E-state index contributed by atoms with van der Waals surface area (Å²) in [7, 11) is -7.18. The van der Waals surface area contributed by atoms with E-state index in [-0.39, 0.29) is 11.5 Å². The zero-order valence-corrected chi connectivity index (χ0v) is 12.8. The van der Waals surface area contributed by atoms with E-state index in [0.717, 1.165) is 17.2 Å². The lowest BCUT2D eigenvalue weighted by molar-refractivity contribution is 0.308. The molecule has 1 rings (SSSR count). The third-order valence-corrected chi connectivity index (χ3v) is 4.25. The van der Waals surface area contributed by atoms with Crippen molar-refractivity contribution in [2.24, 2.45) is 5.73 Å².